The second kappa shape index (κ2) is 10.1. The van der Waals surface area contributed by atoms with E-state index in [2.05, 4.69) is 10.4 Å². The second-order valence-electron chi connectivity index (χ2n) is 7.57. The van der Waals surface area contributed by atoms with Crippen molar-refractivity contribution >= 4 is 21.6 Å². The van der Waals surface area contributed by atoms with Crippen molar-refractivity contribution in [3.63, 3.8) is 0 Å². The summed E-state index contributed by atoms with van der Waals surface area (Å²) in [5, 5.41) is 7.19. The van der Waals surface area contributed by atoms with Gasteiger partial charge in [0.05, 0.1) is 24.7 Å². The molecule has 2 aromatic carbocycles. The third-order valence-electron chi connectivity index (χ3n) is 5.35. The first kappa shape index (κ1) is 22.2. The summed E-state index contributed by atoms with van der Waals surface area (Å²) < 4.78 is 33.9. The molecule has 4 rings (SSSR count). The van der Waals surface area contributed by atoms with Crippen molar-refractivity contribution in [2.45, 2.75) is 24.3 Å². The molecule has 2 heterocycles. The van der Waals surface area contributed by atoms with Crippen molar-refractivity contribution in [2.75, 3.05) is 31.6 Å². The molecule has 1 saturated heterocycles. The zero-order valence-electron chi connectivity index (χ0n) is 17.7. The highest BCUT2D eigenvalue weighted by molar-refractivity contribution is 7.89. The molecular weight excluding hydrogens is 428 g/mol. The van der Waals surface area contributed by atoms with Crippen molar-refractivity contribution in [1.29, 1.82) is 0 Å². The summed E-state index contributed by atoms with van der Waals surface area (Å²) in [6.07, 6.45) is 4.41. The number of aryl methyl sites for hydroxylation is 1. The van der Waals surface area contributed by atoms with Crippen molar-refractivity contribution in [2.24, 2.45) is 0 Å². The summed E-state index contributed by atoms with van der Waals surface area (Å²) >= 11 is 0. The number of amides is 1. The molecule has 0 bridgehead atoms. The van der Waals surface area contributed by atoms with E-state index in [1.165, 1.54) is 4.31 Å². The smallest absolute Gasteiger partial charge is 0.243 e. The minimum Gasteiger partial charge on any atom is -0.379 e. The lowest BCUT2D eigenvalue weighted by Crippen LogP contribution is -2.40. The molecule has 1 aliphatic rings. The van der Waals surface area contributed by atoms with E-state index in [0.717, 1.165) is 16.8 Å². The zero-order valence-corrected chi connectivity index (χ0v) is 18.5. The van der Waals surface area contributed by atoms with Crippen LogP contribution in [0.25, 0.3) is 0 Å². The monoisotopic (exact) mass is 454 g/mol. The first-order chi connectivity index (χ1) is 15.5. The van der Waals surface area contributed by atoms with Gasteiger partial charge in [-0.15, -0.1) is 0 Å². The Bertz CT molecular complexity index is 1140. The molecular formula is C23H26N4O4S. The number of para-hydroxylation sites is 1. The lowest BCUT2D eigenvalue weighted by molar-refractivity contribution is -0.116. The van der Waals surface area contributed by atoms with Crippen LogP contribution in [-0.4, -0.2) is 54.7 Å². The van der Waals surface area contributed by atoms with E-state index in [1.54, 1.807) is 35.1 Å². The Hall–Kier alpha value is -3.01. The first-order valence-corrected chi connectivity index (χ1v) is 12.0. The molecule has 1 amide bonds. The summed E-state index contributed by atoms with van der Waals surface area (Å²) in [6, 6.07) is 16.3. The molecule has 0 radical (unpaired) electrons. The van der Waals surface area contributed by atoms with Gasteiger partial charge >= 0.3 is 0 Å². The predicted octanol–water partition coefficient (Wildman–Crippen LogP) is 2.52. The van der Waals surface area contributed by atoms with Crippen molar-refractivity contribution in [1.82, 2.24) is 14.1 Å². The Kier molecular flexibility index (Phi) is 6.99. The van der Waals surface area contributed by atoms with Crippen LogP contribution in [0.2, 0.25) is 0 Å². The number of hydrogen-bond donors (Lipinski definition) is 1. The molecule has 1 N–H and O–H groups in total. The van der Waals surface area contributed by atoms with Crippen LogP contribution < -0.4 is 5.32 Å². The number of carbonyl (C=O) groups excluding carboxylic acids is 1. The van der Waals surface area contributed by atoms with Crippen LogP contribution in [-0.2, 0) is 32.5 Å². The maximum absolute atomic E-state index is 12.7. The fourth-order valence-corrected chi connectivity index (χ4v) is 4.99. The van der Waals surface area contributed by atoms with Crippen LogP contribution in [0.1, 0.15) is 17.5 Å². The molecule has 32 heavy (non-hydrogen) atoms. The van der Waals surface area contributed by atoms with Crippen LogP contribution in [0.15, 0.2) is 71.9 Å². The molecule has 0 aliphatic carbocycles. The highest BCUT2D eigenvalue weighted by atomic mass is 32.2. The van der Waals surface area contributed by atoms with Gasteiger partial charge in [0, 0.05) is 37.6 Å². The van der Waals surface area contributed by atoms with Gasteiger partial charge in [0.2, 0.25) is 15.9 Å². The lowest BCUT2D eigenvalue weighted by Gasteiger charge is -2.26. The van der Waals surface area contributed by atoms with Gasteiger partial charge in [0.1, 0.15) is 0 Å². The average Bonchev–Trinajstić information content (AvgIpc) is 3.33. The number of ether oxygens (including phenoxy) is 1. The van der Waals surface area contributed by atoms with Gasteiger partial charge in [-0.2, -0.15) is 9.40 Å². The summed E-state index contributed by atoms with van der Waals surface area (Å²) in [5.41, 5.74) is 2.65. The zero-order chi connectivity index (χ0) is 22.4. The number of sulfonamides is 1. The van der Waals surface area contributed by atoms with Gasteiger partial charge in [0.15, 0.2) is 0 Å². The molecule has 3 aromatic rings. The third-order valence-corrected chi connectivity index (χ3v) is 7.27. The van der Waals surface area contributed by atoms with E-state index in [-0.39, 0.29) is 10.8 Å². The minimum absolute atomic E-state index is 0.0945. The largest absolute Gasteiger partial charge is 0.379 e. The molecule has 168 valence electrons. The molecule has 1 fully saturated rings. The number of benzene rings is 2. The normalized spacial score (nSPS) is 14.9. The Morgan fingerprint density at radius 1 is 1.03 bits per heavy atom. The van der Waals surface area contributed by atoms with E-state index in [1.807, 2.05) is 36.5 Å². The Morgan fingerprint density at radius 3 is 2.50 bits per heavy atom. The van der Waals surface area contributed by atoms with Crippen LogP contribution in [0.5, 0.6) is 0 Å². The van der Waals surface area contributed by atoms with Gasteiger partial charge in [-0.3, -0.25) is 9.48 Å². The third kappa shape index (κ3) is 5.42. The SMILES string of the molecule is O=C(CCc1ccc(S(=O)(=O)N2CCOCC2)cc1)Nc1ccccc1Cn1cccn1. The topological polar surface area (TPSA) is 93.5 Å². The number of nitrogens with one attached hydrogen (secondary N) is 1. The number of carbonyl (C=O) groups is 1. The maximum Gasteiger partial charge on any atom is 0.243 e. The quantitative estimate of drug-likeness (QED) is 0.565. The summed E-state index contributed by atoms with van der Waals surface area (Å²) in [5.74, 6) is -0.0945. The van der Waals surface area contributed by atoms with Gasteiger partial charge in [-0.1, -0.05) is 30.3 Å². The number of aromatic nitrogens is 2. The Morgan fingerprint density at radius 2 is 1.78 bits per heavy atom. The van der Waals surface area contributed by atoms with Gasteiger partial charge in [-0.05, 0) is 41.8 Å². The lowest BCUT2D eigenvalue weighted by atomic mass is 10.1. The van der Waals surface area contributed by atoms with Crippen LogP contribution in [0.3, 0.4) is 0 Å². The van der Waals surface area contributed by atoms with E-state index in [4.69, 9.17) is 4.74 Å². The fourth-order valence-electron chi connectivity index (χ4n) is 3.58. The minimum atomic E-state index is -3.51. The van der Waals surface area contributed by atoms with E-state index in [0.29, 0.717) is 45.7 Å². The van der Waals surface area contributed by atoms with Crippen molar-refractivity contribution in [3.8, 4) is 0 Å². The van der Waals surface area contributed by atoms with Crippen LogP contribution >= 0.6 is 0 Å². The predicted molar refractivity (Wildman–Crippen MR) is 121 cm³/mol. The number of anilines is 1. The van der Waals surface area contributed by atoms with E-state index in [9.17, 15) is 13.2 Å². The molecule has 0 atom stereocenters. The standard InChI is InChI=1S/C23H26N4O4S/c28-23(25-22-5-2-1-4-20(22)18-26-13-3-12-24-26)11-8-19-6-9-21(10-7-19)32(29,30)27-14-16-31-17-15-27/h1-7,9-10,12-13H,8,11,14-18H2,(H,25,28). The first-order valence-electron chi connectivity index (χ1n) is 10.5. The summed E-state index contributed by atoms with van der Waals surface area (Å²) in [4.78, 5) is 12.8. The summed E-state index contributed by atoms with van der Waals surface area (Å²) in [6.45, 7) is 2.13. The highest BCUT2D eigenvalue weighted by Crippen LogP contribution is 2.19. The number of hydrogen-bond acceptors (Lipinski definition) is 5. The van der Waals surface area contributed by atoms with E-state index < -0.39 is 10.0 Å². The molecule has 0 saturated carbocycles. The number of morpholine rings is 1. The van der Waals surface area contributed by atoms with Crippen LogP contribution in [0.4, 0.5) is 5.69 Å². The Labute approximate surface area is 187 Å². The highest BCUT2D eigenvalue weighted by Gasteiger charge is 2.26. The molecule has 8 nitrogen and oxygen atoms in total. The van der Waals surface area contributed by atoms with Crippen LogP contribution in [0, 0.1) is 0 Å². The number of nitrogens with zero attached hydrogens (tertiary/aromatic N) is 3. The number of rotatable bonds is 8. The maximum atomic E-state index is 12.7. The molecule has 0 unspecified atom stereocenters. The fraction of sp³-hybridized carbons (Fsp3) is 0.304. The average molecular weight is 455 g/mol. The van der Waals surface area contributed by atoms with Gasteiger partial charge in [-0.25, -0.2) is 8.42 Å². The van der Waals surface area contributed by atoms with Gasteiger partial charge < -0.3 is 10.1 Å². The molecule has 1 aliphatic heterocycles. The molecule has 9 heteroatoms. The Balaban J connectivity index is 1.34. The van der Waals surface area contributed by atoms with Crippen molar-refractivity contribution < 1.29 is 17.9 Å². The van der Waals surface area contributed by atoms with Gasteiger partial charge in [0.25, 0.3) is 0 Å². The van der Waals surface area contributed by atoms with E-state index >= 15 is 0 Å². The molecule has 0 spiro atoms. The molecule has 1 aromatic heterocycles. The van der Waals surface area contributed by atoms with Crippen molar-refractivity contribution in [3.05, 3.63) is 78.1 Å². The second-order valence-corrected chi connectivity index (χ2v) is 9.51. The summed E-state index contributed by atoms with van der Waals surface area (Å²) in [7, 11) is -3.51.